The molecule has 84 valence electrons. The van der Waals surface area contributed by atoms with E-state index in [1.54, 1.807) is 19.6 Å². The number of thiocarbonyl (C=S) groups is 1. The van der Waals surface area contributed by atoms with Gasteiger partial charge in [-0.15, -0.1) is 0 Å². The van der Waals surface area contributed by atoms with Crippen molar-refractivity contribution in [1.82, 2.24) is 10.6 Å². The van der Waals surface area contributed by atoms with Crippen LogP contribution in [0.15, 0.2) is 23.0 Å². The van der Waals surface area contributed by atoms with Crippen LogP contribution in [0.2, 0.25) is 0 Å². The first kappa shape index (κ1) is 12.0. The van der Waals surface area contributed by atoms with E-state index in [0.29, 0.717) is 11.7 Å². The van der Waals surface area contributed by atoms with E-state index in [-0.39, 0.29) is 0 Å². The predicted octanol–water partition coefficient (Wildman–Crippen LogP) is 1.28. The lowest BCUT2D eigenvalue weighted by atomic mass is 10.3. The van der Waals surface area contributed by atoms with E-state index in [4.69, 9.17) is 21.4 Å². The number of methoxy groups -OCH3 is 1. The highest BCUT2D eigenvalue weighted by molar-refractivity contribution is 7.80. The minimum Gasteiger partial charge on any atom is -0.472 e. The van der Waals surface area contributed by atoms with Crippen molar-refractivity contribution >= 4 is 17.3 Å². The molecule has 2 N–H and O–H groups in total. The number of hydrogen-bond donors (Lipinski definition) is 2. The Hall–Kier alpha value is -1.07. The predicted molar refractivity (Wildman–Crippen MR) is 62.6 cm³/mol. The van der Waals surface area contributed by atoms with Gasteiger partial charge in [0.05, 0.1) is 12.5 Å². The fourth-order valence-corrected chi connectivity index (χ4v) is 1.23. The summed E-state index contributed by atoms with van der Waals surface area (Å²) in [5.41, 5.74) is 1.08. The van der Waals surface area contributed by atoms with Gasteiger partial charge in [0.1, 0.15) is 0 Å². The van der Waals surface area contributed by atoms with Crippen molar-refractivity contribution in [2.75, 3.05) is 20.3 Å². The van der Waals surface area contributed by atoms with Crippen LogP contribution in [0.3, 0.4) is 0 Å². The highest BCUT2D eigenvalue weighted by Gasteiger charge is 1.96. The largest absolute Gasteiger partial charge is 0.472 e. The minimum absolute atomic E-state index is 0.660. The molecular weight excluding hydrogens is 212 g/mol. The zero-order valence-electron chi connectivity index (χ0n) is 8.79. The van der Waals surface area contributed by atoms with Crippen LogP contribution in [0.4, 0.5) is 0 Å². The Morgan fingerprint density at radius 1 is 1.53 bits per heavy atom. The Morgan fingerprint density at radius 2 is 2.40 bits per heavy atom. The van der Waals surface area contributed by atoms with Gasteiger partial charge in [-0.05, 0) is 24.7 Å². The number of hydrogen-bond acceptors (Lipinski definition) is 3. The van der Waals surface area contributed by atoms with Gasteiger partial charge in [0.15, 0.2) is 5.11 Å². The quantitative estimate of drug-likeness (QED) is 0.567. The lowest BCUT2D eigenvalue weighted by Gasteiger charge is -2.08. The maximum atomic E-state index is 5.08. The van der Waals surface area contributed by atoms with Crippen LogP contribution in [-0.4, -0.2) is 25.4 Å². The van der Waals surface area contributed by atoms with Crippen molar-refractivity contribution in [3.05, 3.63) is 24.2 Å². The van der Waals surface area contributed by atoms with E-state index < -0.39 is 0 Å². The molecule has 1 heterocycles. The van der Waals surface area contributed by atoms with E-state index in [1.807, 2.05) is 6.07 Å². The lowest BCUT2D eigenvalue weighted by molar-refractivity contribution is 0.195. The minimum atomic E-state index is 0.660. The fourth-order valence-electron chi connectivity index (χ4n) is 1.06. The van der Waals surface area contributed by atoms with Gasteiger partial charge in [0, 0.05) is 32.4 Å². The second kappa shape index (κ2) is 7.25. The van der Waals surface area contributed by atoms with Gasteiger partial charge >= 0.3 is 0 Å². The van der Waals surface area contributed by atoms with Gasteiger partial charge < -0.3 is 19.8 Å². The van der Waals surface area contributed by atoms with Crippen molar-refractivity contribution in [1.29, 1.82) is 0 Å². The van der Waals surface area contributed by atoms with Gasteiger partial charge in [-0.25, -0.2) is 0 Å². The molecule has 0 saturated carbocycles. The first-order valence-corrected chi connectivity index (χ1v) is 5.25. The zero-order valence-corrected chi connectivity index (χ0v) is 9.60. The van der Waals surface area contributed by atoms with Crippen LogP contribution in [-0.2, 0) is 11.3 Å². The van der Waals surface area contributed by atoms with E-state index >= 15 is 0 Å². The summed E-state index contributed by atoms with van der Waals surface area (Å²) in [6.07, 6.45) is 4.29. The smallest absolute Gasteiger partial charge is 0.166 e. The molecule has 15 heavy (non-hydrogen) atoms. The molecule has 0 aliphatic heterocycles. The molecule has 0 aliphatic rings. The van der Waals surface area contributed by atoms with Crippen molar-refractivity contribution in [3.63, 3.8) is 0 Å². The number of furan rings is 1. The van der Waals surface area contributed by atoms with Crippen molar-refractivity contribution in [2.45, 2.75) is 13.0 Å². The molecular formula is C10H16N2O2S. The van der Waals surface area contributed by atoms with Gasteiger partial charge in [-0.2, -0.15) is 0 Å². The van der Waals surface area contributed by atoms with Crippen LogP contribution in [0.1, 0.15) is 12.0 Å². The van der Waals surface area contributed by atoms with E-state index in [1.165, 1.54) is 0 Å². The van der Waals surface area contributed by atoms with Crippen LogP contribution < -0.4 is 10.6 Å². The fraction of sp³-hybridized carbons (Fsp3) is 0.500. The SMILES string of the molecule is COCCCNC(=S)NCc1ccoc1. The summed E-state index contributed by atoms with van der Waals surface area (Å²) in [5.74, 6) is 0. The lowest BCUT2D eigenvalue weighted by Crippen LogP contribution is -2.35. The molecule has 0 amide bonds. The normalized spacial score (nSPS) is 9.93. The van der Waals surface area contributed by atoms with Crippen LogP contribution in [0.25, 0.3) is 0 Å². The number of rotatable bonds is 6. The van der Waals surface area contributed by atoms with Gasteiger partial charge in [0.2, 0.25) is 0 Å². The summed E-state index contributed by atoms with van der Waals surface area (Å²) < 4.78 is 9.87. The molecule has 1 aromatic rings. The highest BCUT2D eigenvalue weighted by Crippen LogP contribution is 1.97. The second-order valence-electron chi connectivity index (χ2n) is 3.09. The Bertz CT molecular complexity index is 275. The first-order chi connectivity index (χ1) is 7.33. The molecule has 0 fully saturated rings. The van der Waals surface area contributed by atoms with E-state index in [2.05, 4.69) is 10.6 Å². The Kier molecular flexibility index (Phi) is 5.80. The molecule has 4 nitrogen and oxygen atoms in total. The summed E-state index contributed by atoms with van der Waals surface area (Å²) in [6, 6.07) is 1.90. The zero-order chi connectivity index (χ0) is 10.9. The Morgan fingerprint density at radius 3 is 3.07 bits per heavy atom. The van der Waals surface area contributed by atoms with Crippen molar-refractivity contribution in [2.24, 2.45) is 0 Å². The molecule has 1 rings (SSSR count). The molecule has 0 saturated heterocycles. The number of ether oxygens (including phenoxy) is 1. The molecule has 0 radical (unpaired) electrons. The first-order valence-electron chi connectivity index (χ1n) is 4.84. The summed E-state index contributed by atoms with van der Waals surface area (Å²) in [4.78, 5) is 0. The summed E-state index contributed by atoms with van der Waals surface area (Å²) in [5, 5.41) is 6.83. The van der Waals surface area contributed by atoms with Crippen LogP contribution in [0, 0.1) is 0 Å². The second-order valence-corrected chi connectivity index (χ2v) is 3.50. The van der Waals surface area contributed by atoms with Crippen molar-refractivity contribution < 1.29 is 9.15 Å². The summed E-state index contributed by atoms with van der Waals surface area (Å²) in [7, 11) is 1.69. The Balaban J connectivity index is 2.04. The van der Waals surface area contributed by atoms with Gasteiger partial charge in [0.25, 0.3) is 0 Å². The average molecular weight is 228 g/mol. The standard InChI is InChI=1S/C10H16N2O2S/c1-13-5-2-4-11-10(15)12-7-9-3-6-14-8-9/h3,6,8H,2,4-5,7H2,1H3,(H2,11,12,15). The van der Waals surface area contributed by atoms with E-state index in [0.717, 1.165) is 25.1 Å². The molecule has 5 heteroatoms. The van der Waals surface area contributed by atoms with Gasteiger partial charge in [-0.1, -0.05) is 0 Å². The molecule has 0 spiro atoms. The Labute approximate surface area is 95.0 Å². The summed E-state index contributed by atoms with van der Waals surface area (Å²) >= 11 is 5.08. The van der Waals surface area contributed by atoms with Crippen LogP contribution >= 0.6 is 12.2 Å². The molecule has 0 atom stereocenters. The molecule has 1 aromatic heterocycles. The third-order valence-electron chi connectivity index (χ3n) is 1.84. The van der Waals surface area contributed by atoms with Crippen LogP contribution in [0.5, 0.6) is 0 Å². The highest BCUT2D eigenvalue weighted by atomic mass is 32.1. The topological polar surface area (TPSA) is 46.4 Å². The molecule has 0 bridgehead atoms. The maximum absolute atomic E-state index is 5.08. The molecule has 0 aromatic carbocycles. The van der Waals surface area contributed by atoms with E-state index in [9.17, 15) is 0 Å². The monoisotopic (exact) mass is 228 g/mol. The summed E-state index contributed by atoms with van der Waals surface area (Å²) in [6.45, 7) is 2.26. The third-order valence-corrected chi connectivity index (χ3v) is 2.13. The van der Waals surface area contributed by atoms with Crippen molar-refractivity contribution in [3.8, 4) is 0 Å². The molecule has 0 unspecified atom stereocenters. The number of nitrogens with one attached hydrogen (secondary N) is 2. The van der Waals surface area contributed by atoms with Gasteiger partial charge in [-0.3, -0.25) is 0 Å². The third kappa shape index (κ3) is 5.39. The average Bonchev–Trinajstić information content (AvgIpc) is 2.74. The molecule has 0 aliphatic carbocycles. The maximum Gasteiger partial charge on any atom is 0.166 e.